The minimum atomic E-state index is -0.347. The zero-order valence-corrected chi connectivity index (χ0v) is 16.0. The Morgan fingerprint density at radius 2 is 1.81 bits per heavy atom. The molecule has 0 saturated carbocycles. The quantitative estimate of drug-likeness (QED) is 0.369. The summed E-state index contributed by atoms with van der Waals surface area (Å²) >= 11 is 1.43. The molecule has 0 aliphatic heterocycles. The van der Waals surface area contributed by atoms with Gasteiger partial charge in [0.1, 0.15) is 0 Å². The molecule has 3 rings (SSSR count). The summed E-state index contributed by atoms with van der Waals surface area (Å²) in [6.45, 7) is 2.50. The van der Waals surface area contributed by atoms with E-state index in [9.17, 15) is 9.59 Å². The Hall–Kier alpha value is -2.86. The molecular weight excluding hydrogens is 360 g/mol. The number of ether oxygens (including phenoxy) is 1. The number of carbonyl (C=O) groups is 1. The summed E-state index contributed by atoms with van der Waals surface area (Å²) in [5.41, 5.74) is 2.88. The molecule has 0 atom stereocenters. The lowest BCUT2D eigenvalue weighted by Gasteiger charge is -2.12. The Labute approximate surface area is 162 Å². The average Bonchev–Trinajstić information content (AvgIpc) is 2.70. The standard InChI is InChI=1S/C21H20N2O3S/c1-3-26-20(25)17-11-9-15(10-12-17)14-23-19(24)13-18(22-21(23)27-2)16-7-5-4-6-8-16/h4-13H,3,14H2,1-2H3. The molecule has 0 radical (unpaired) electrons. The molecule has 138 valence electrons. The van der Waals surface area contributed by atoms with Crippen LogP contribution in [0, 0.1) is 0 Å². The largest absolute Gasteiger partial charge is 0.462 e. The second-order valence-corrected chi connectivity index (χ2v) is 6.61. The third-order valence-electron chi connectivity index (χ3n) is 4.03. The average molecular weight is 380 g/mol. The highest BCUT2D eigenvalue weighted by Crippen LogP contribution is 2.19. The molecule has 1 heterocycles. The van der Waals surface area contributed by atoms with Crippen LogP contribution in [0.2, 0.25) is 0 Å². The molecular formula is C21H20N2O3S. The van der Waals surface area contributed by atoms with Crippen molar-refractivity contribution < 1.29 is 9.53 Å². The van der Waals surface area contributed by atoms with Gasteiger partial charge < -0.3 is 4.74 Å². The number of carbonyl (C=O) groups excluding carboxylic acids is 1. The van der Waals surface area contributed by atoms with Crippen molar-refractivity contribution in [3.63, 3.8) is 0 Å². The van der Waals surface area contributed by atoms with Crippen molar-refractivity contribution in [2.75, 3.05) is 12.9 Å². The maximum Gasteiger partial charge on any atom is 0.338 e. The summed E-state index contributed by atoms with van der Waals surface area (Å²) in [5.74, 6) is -0.347. The van der Waals surface area contributed by atoms with Crippen LogP contribution in [0.5, 0.6) is 0 Å². The number of thioether (sulfide) groups is 1. The number of rotatable bonds is 6. The second-order valence-electron chi connectivity index (χ2n) is 5.84. The first-order valence-corrected chi connectivity index (χ1v) is 9.82. The Balaban J connectivity index is 1.89. The van der Waals surface area contributed by atoms with Crippen LogP contribution in [0.3, 0.4) is 0 Å². The highest BCUT2D eigenvalue weighted by molar-refractivity contribution is 7.98. The monoisotopic (exact) mass is 380 g/mol. The van der Waals surface area contributed by atoms with E-state index < -0.39 is 0 Å². The highest BCUT2D eigenvalue weighted by atomic mass is 32.2. The number of aromatic nitrogens is 2. The predicted octanol–water partition coefficient (Wildman–Crippen LogP) is 3.86. The van der Waals surface area contributed by atoms with E-state index in [0.717, 1.165) is 11.1 Å². The third-order valence-corrected chi connectivity index (χ3v) is 4.71. The van der Waals surface area contributed by atoms with E-state index in [4.69, 9.17) is 4.74 Å². The van der Waals surface area contributed by atoms with Crippen molar-refractivity contribution in [2.45, 2.75) is 18.6 Å². The van der Waals surface area contributed by atoms with E-state index in [1.165, 1.54) is 11.8 Å². The fourth-order valence-corrected chi connectivity index (χ4v) is 3.25. The third kappa shape index (κ3) is 4.46. The van der Waals surface area contributed by atoms with E-state index in [-0.39, 0.29) is 11.5 Å². The summed E-state index contributed by atoms with van der Waals surface area (Å²) in [4.78, 5) is 29.1. The van der Waals surface area contributed by atoms with Gasteiger partial charge in [0.05, 0.1) is 24.4 Å². The van der Waals surface area contributed by atoms with Gasteiger partial charge in [-0.1, -0.05) is 54.2 Å². The zero-order chi connectivity index (χ0) is 19.2. The maximum atomic E-state index is 12.7. The van der Waals surface area contributed by atoms with Crippen molar-refractivity contribution in [3.8, 4) is 11.3 Å². The molecule has 0 aliphatic carbocycles. The van der Waals surface area contributed by atoms with Gasteiger partial charge in [0, 0.05) is 11.6 Å². The first kappa shape index (κ1) is 18.9. The predicted molar refractivity (Wildman–Crippen MR) is 107 cm³/mol. The van der Waals surface area contributed by atoms with Gasteiger partial charge in [-0.05, 0) is 30.9 Å². The minimum absolute atomic E-state index is 0.109. The van der Waals surface area contributed by atoms with Gasteiger partial charge in [-0.25, -0.2) is 9.78 Å². The van der Waals surface area contributed by atoms with Gasteiger partial charge in [0.15, 0.2) is 5.16 Å². The van der Waals surface area contributed by atoms with Crippen LogP contribution in [0.15, 0.2) is 70.6 Å². The maximum absolute atomic E-state index is 12.7. The van der Waals surface area contributed by atoms with Crippen molar-refractivity contribution in [3.05, 3.63) is 82.1 Å². The molecule has 0 saturated heterocycles. The molecule has 27 heavy (non-hydrogen) atoms. The Morgan fingerprint density at radius 1 is 1.11 bits per heavy atom. The van der Waals surface area contributed by atoms with Crippen LogP contribution in [0.25, 0.3) is 11.3 Å². The number of esters is 1. The van der Waals surface area contributed by atoms with Gasteiger partial charge in [0.25, 0.3) is 5.56 Å². The molecule has 6 heteroatoms. The highest BCUT2D eigenvalue weighted by Gasteiger charge is 2.11. The molecule has 3 aromatic rings. The fraction of sp³-hybridized carbons (Fsp3) is 0.190. The van der Waals surface area contributed by atoms with E-state index in [1.807, 2.05) is 48.7 Å². The summed E-state index contributed by atoms with van der Waals surface area (Å²) in [6, 6.07) is 18.3. The number of hydrogen-bond donors (Lipinski definition) is 0. The van der Waals surface area contributed by atoms with Crippen LogP contribution in [0.4, 0.5) is 0 Å². The van der Waals surface area contributed by atoms with Crippen LogP contribution in [0.1, 0.15) is 22.8 Å². The summed E-state index contributed by atoms with van der Waals surface area (Å²) in [6.07, 6.45) is 1.90. The molecule has 0 fully saturated rings. The van der Waals surface area contributed by atoms with Crippen molar-refractivity contribution in [1.29, 1.82) is 0 Å². The Morgan fingerprint density at radius 3 is 2.44 bits per heavy atom. The van der Waals surface area contributed by atoms with Crippen LogP contribution in [-0.2, 0) is 11.3 Å². The minimum Gasteiger partial charge on any atom is -0.462 e. The number of hydrogen-bond acceptors (Lipinski definition) is 5. The van der Waals surface area contributed by atoms with E-state index in [0.29, 0.717) is 29.6 Å². The molecule has 1 aromatic heterocycles. The topological polar surface area (TPSA) is 61.2 Å². The molecule has 0 bridgehead atoms. The first-order chi connectivity index (χ1) is 13.1. The smallest absolute Gasteiger partial charge is 0.338 e. The molecule has 0 N–H and O–H groups in total. The van der Waals surface area contributed by atoms with Crippen molar-refractivity contribution >= 4 is 17.7 Å². The molecule has 5 nitrogen and oxygen atoms in total. The molecule has 0 spiro atoms. The first-order valence-electron chi connectivity index (χ1n) is 8.59. The van der Waals surface area contributed by atoms with Gasteiger partial charge >= 0.3 is 5.97 Å². The number of benzene rings is 2. The van der Waals surface area contributed by atoms with Crippen molar-refractivity contribution in [1.82, 2.24) is 9.55 Å². The summed E-state index contributed by atoms with van der Waals surface area (Å²) in [7, 11) is 0. The van der Waals surface area contributed by atoms with Gasteiger partial charge in [-0.2, -0.15) is 0 Å². The van der Waals surface area contributed by atoms with E-state index in [2.05, 4.69) is 4.98 Å². The summed E-state index contributed by atoms with van der Waals surface area (Å²) < 4.78 is 6.62. The van der Waals surface area contributed by atoms with Gasteiger partial charge in [-0.3, -0.25) is 9.36 Å². The Bertz CT molecular complexity index is 983. The lowest BCUT2D eigenvalue weighted by molar-refractivity contribution is 0.0526. The molecule has 0 amide bonds. The van der Waals surface area contributed by atoms with E-state index >= 15 is 0 Å². The Kier molecular flexibility index (Phi) is 6.08. The van der Waals surface area contributed by atoms with Gasteiger partial charge in [-0.15, -0.1) is 0 Å². The van der Waals surface area contributed by atoms with Crippen molar-refractivity contribution in [2.24, 2.45) is 0 Å². The molecule has 2 aromatic carbocycles. The SMILES string of the molecule is CCOC(=O)c1ccc(Cn2c(SC)nc(-c3ccccc3)cc2=O)cc1. The number of nitrogens with zero attached hydrogens (tertiary/aromatic N) is 2. The van der Waals surface area contributed by atoms with Crippen LogP contribution in [-0.4, -0.2) is 28.4 Å². The fourth-order valence-electron chi connectivity index (χ4n) is 2.69. The van der Waals surface area contributed by atoms with Crippen LogP contribution >= 0.6 is 11.8 Å². The van der Waals surface area contributed by atoms with Crippen LogP contribution < -0.4 is 5.56 Å². The lowest BCUT2D eigenvalue weighted by atomic mass is 10.1. The summed E-state index contributed by atoms with van der Waals surface area (Å²) in [5, 5.41) is 0.649. The lowest BCUT2D eigenvalue weighted by Crippen LogP contribution is -2.23. The normalized spacial score (nSPS) is 10.6. The second kappa shape index (κ2) is 8.68. The van der Waals surface area contributed by atoms with Gasteiger partial charge in [0.2, 0.25) is 0 Å². The zero-order valence-electron chi connectivity index (χ0n) is 15.2. The van der Waals surface area contributed by atoms with E-state index in [1.54, 1.807) is 29.7 Å². The molecule has 0 unspecified atom stereocenters. The molecule has 0 aliphatic rings.